The largest absolute Gasteiger partial charge is 0.481 e. The third-order valence-corrected chi connectivity index (χ3v) is 3.04. The lowest BCUT2D eigenvalue weighted by atomic mass is 9.74. The molecule has 1 aromatic rings. The van der Waals surface area contributed by atoms with Crippen LogP contribution >= 0.6 is 0 Å². The lowest BCUT2D eigenvalue weighted by Crippen LogP contribution is -2.46. The molecule has 2 rings (SSSR count). The Morgan fingerprint density at radius 3 is 2.88 bits per heavy atom. The van der Waals surface area contributed by atoms with Crippen LogP contribution in [0.3, 0.4) is 0 Å². The standard InChI is InChI=1S/C11H15N3O3/c1-17-9-5-8(12-7-13-9)14-11(3-2-4-11)6-10(15)16/h5,7H,2-4,6H2,1H3,(H,15,16)(H,12,13,14). The van der Waals surface area contributed by atoms with Crippen LogP contribution in [-0.2, 0) is 4.79 Å². The molecule has 17 heavy (non-hydrogen) atoms. The fourth-order valence-electron chi connectivity index (χ4n) is 2.03. The zero-order valence-electron chi connectivity index (χ0n) is 9.64. The van der Waals surface area contributed by atoms with Crippen molar-refractivity contribution in [3.63, 3.8) is 0 Å². The van der Waals surface area contributed by atoms with E-state index in [0.717, 1.165) is 19.3 Å². The molecule has 6 nitrogen and oxygen atoms in total. The van der Waals surface area contributed by atoms with Gasteiger partial charge in [0.15, 0.2) is 0 Å². The second-order valence-electron chi connectivity index (χ2n) is 4.28. The average molecular weight is 237 g/mol. The summed E-state index contributed by atoms with van der Waals surface area (Å²) >= 11 is 0. The van der Waals surface area contributed by atoms with Crippen molar-refractivity contribution >= 4 is 11.8 Å². The molecule has 92 valence electrons. The smallest absolute Gasteiger partial charge is 0.305 e. The second kappa shape index (κ2) is 4.57. The van der Waals surface area contributed by atoms with Crippen molar-refractivity contribution in [1.82, 2.24) is 9.97 Å². The molecule has 1 aliphatic carbocycles. The molecule has 6 heteroatoms. The summed E-state index contributed by atoms with van der Waals surface area (Å²) in [5, 5.41) is 12.1. The molecule has 1 fully saturated rings. The summed E-state index contributed by atoms with van der Waals surface area (Å²) in [5.74, 6) is 0.281. The van der Waals surface area contributed by atoms with Gasteiger partial charge in [-0.15, -0.1) is 0 Å². The highest BCUT2D eigenvalue weighted by molar-refractivity contribution is 5.69. The fraction of sp³-hybridized carbons (Fsp3) is 0.545. The topological polar surface area (TPSA) is 84.3 Å². The first-order valence-corrected chi connectivity index (χ1v) is 5.50. The summed E-state index contributed by atoms with van der Waals surface area (Å²) in [7, 11) is 1.53. The SMILES string of the molecule is COc1cc(NC2(CC(=O)O)CCC2)ncn1. The molecule has 0 aromatic carbocycles. The van der Waals surface area contributed by atoms with Crippen LogP contribution < -0.4 is 10.1 Å². The predicted molar refractivity (Wildman–Crippen MR) is 61.0 cm³/mol. The molecule has 1 saturated carbocycles. The second-order valence-corrected chi connectivity index (χ2v) is 4.28. The lowest BCUT2D eigenvalue weighted by molar-refractivity contribution is -0.138. The minimum absolute atomic E-state index is 0.110. The third-order valence-electron chi connectivity index (χ3n) is 3.04. The molecule has 2 N–H and O–H groups in total. The Hall–Kier alpha value is -1.85. The van der Waals surface area contributed by atoms with Crippen molar-refractivity contribution in [2.24, 2.45) is 0 Å². The number of carbonyl (C=O) groups is 1. The highest BCUT2D eigenvalue weighted by Crippen LogP contribution is 2.37. The molecule has 0 amide bonds. The average Bonchev–Trinajstić information content (AvgIpc) is 2.26. The Labute approximate surface area is 99.0 Å². The fourth-order valence-corrected chi connectivity index (χ4v) is 2.03. The Morgan fingerprint density at radius 1 is 1.59 bits per heavy atom. The predicted octanol–water partition coefficient (Wildman–Crippen LogP) is 1.29. The molecular weight excluding hydrogens is 222 g/mol. The number of carboxylic acid groups (broad SMARTS) is 1. The van der Waals surface area contributed by atoms with Crippen molar-refractivity contribution in [1.29, 1.82) is 0 Å². The van der Waals surface area contributed by atoms with Gasteiger partial charge in [-0.3, -0.25) is 4.79 Å². The normalized spacial score (nSPS) is 17.0. The van der Waals surface area contributed by atoms with Gasteiger partial charge in [0.1, 0.15) is 12.1 Å². The molecule has 0 spiro atoms. The lowest BCUT2D eigenvalue weighted by Gasteiger charge is -2.41. The highest BCUT2D eigenvalue weighted by atomic mass is 16.5. The van der Waals surface area contributed by atoms with Gasteiger partial charge in [-0.25, -0.2) is 9.97 Å². The summed E-state index contributed by atoms with van der Waals surface area (Å²) in [6.45, 7) is 0. The zero-order valence-corrected chi connectivity index (χ0v) is 9.64. The number of ether oxygens (including phenoxy) is 1. The van der Waals surface area contributed by atoms with Gasteiger partial charge in [-0.1, -0.05) is 0 Å². The highest BCUT2D eigenvalue weighted by Gasteiger charge is 2.39. The Bertz CT molecular complexity index is 418. The number of hydrogen-bond acceptors (Lipinski definition) is 5. The molecule has 0 atom stereocenters. The Kier molecular flexibility index (Phi) is 3.12. The first-order valence-electron chi connectivity index (χ1n) is 5.50. The van der Waals surface area contributed by atoms with E-state index in [1.54, 1.807) is 6.07 Å². The quantitative estimate of drug-likeness (QED) is 0.802. The molecule has 0 unspecified atom stereocenters. The van der Waals surface area contributed by atoms with Crippen molar-refractivity contribution in [2.45, 2.75) is 31.2 Å². The molecule has 1 aliphatic rings. The summed E-state index contributed by atoms with van der Waals surface area (Å²) in [6, 6.07) is 1.67. The van der Waals surface area contributed by atoms with Gasteiger partial charge in [-0.2, -0.15) is 0 Å². The molecule has 0 radical (unpaired) electrons. The Balaban J connectivity index is 2.09. The molecule has 0 aliphatic heterocycles. The van der Waals surface area contributed by atoms with Crippen LogP contribution in [0.1, 0.15) is 25.7 Å². The van der Waals surface area contributed by atoms with Gasteiger partial charge in [0.25, 0.3) is 0 Å². The van der Waals surface area contributed by atoms with Crippen LogP contribution in [0.2, 0.25) is 0 Å². The molecule has 0 saturated heterocycles. The maximum atomic E-state index is 10.8. The van der Waals surface area contributed by atoms with Crippen molar-refractivity contribution in [3.05, 3.63) is 12.4 Å². The van der Waals surface area contributed by atoms with E-state index in [4.69, 9.17) is 9.84 Å². The van der Waals surface area contributed by atoms with Crippen LogP contribution in [0.5, 0.6) is 5.88 Å². The number of hydrogen-bond donors (Lipinski definition) is 2. The van der Waals surface area contributed by atoms with Gasteiger partial charge >= 0.3 is 5.97 Å². The van der Waals surface area contributed by atoms with E-state index in [9.17, 15) is 4.79 Å². The van der Waals surface area contributed by atoms with Gasteiger partial charge in [-0.05, 0) is 19.3 Å². The summed E-state index contributed by atoms with van der Waals surface area (Å²) < 4.78 is 4.99. The van der Waals surface area contributed by atoms with Crippen LogP contribution in [-0.4, -0.2) is 33.7 Å². The summed E-state index contributed by atoms with van der Waals surface area (Å²) in [5.41, 5.74) is -0.356. The van der Waals surface area contributed by atoms with Crippen LogP contribution in [0, 0.1) is 0 Å². The van der Waals surface area contributed by atoms with E-state index in [-0.39, 0.29) is 12.0 Å². The Morgan fingerprint density at radius 2 is 2.35 bits per heavy atom. The number of aromatic nitrogens is 2. The van der Waals surface area contributed by atoms with E-state index in [1.807, 2.05) is 0 Å². The zero-order chi connectivity index (χ0) is 12.3. The van der Waals surface area contributed by atoms with Gasteiger partial charge in [0.05, 0.1) is 13.5 Å². The molecule has 0 bridgehead atoms. The number of aliphatic carboxylic acids is 1. The van der Waals surface area contributed by atoms with E-state index in [0.29, 0.717) is 11.7 Å². The van der Waals surface area contributed by atoms with Crippen molar-refractivity contribution < 1.29 is 14.6 Å². The molecular formula is C11H15N3O3. The number of carboxylic acids is 1. The number of nitrogens with one attached hydrogen (secondary N) is 1. The minimum atomic E-state index is -0.793. The number of anilines is 1. The van der Waals surface area contributed by atoms with Gasteiger partial charge in [0, 0.05) is 11.6 Å². The first kappa shape index (κ1) is 11.6. The van der Waals surface area contributed by atoms with Crippen LogP contribution in [0.4, 0.5) is 5.82 Å². The summed E-state index contributed by atoms with van der Waals surface area (Å²) in [6.07, 6.45) is 4.26. The maximum Gasteiger partial charge on any atom is 0.305 e. The van der Waals surface area contributed by atoms with E-state index >= 15 is 0 Å². The summed E-state index contributed by atoms with van der Waals surface area (Å²) in [4.78, 5) is 18.8. The van der Waals surface area contributed by atoms with E-state index < -0.39 is 5.97 Å². The molecule has 1 aromatic heterocycles. The number of rotatable bonds is 5. The number of nitrogens with zero attached hydrogens (tertiary/aromatic N) is 2. The third kappa shape index (κ3) is 2.64. The number of methoxy groups -OCH3 is 1. The van der Waals surface area contributed by atoms with Gasteiger partial charge in [0.2, 0.25) is 5.88 Å². The monoisotopic (exact) mass is 237 g/mol. The maximum absolute atomic E-state index is 10.8. The minimum Gasteiger partial charge on any atom is -0.481 e. The van der Waals surface area contributed by atoms with Crippen molar-refractivity contribution in [2.75, 3.05) is 12.4 Å². The van der Waals surface area contributed by atoms with Crippen LogP contribution in [0.25, 0.3) is 0 Å². The van der Waals surface area contributed by atoms with Crippen molar-refractivity contribution in [3.8, 4) is 5.88 Å². The van der Waals surface area contributed by atoms with E-state index in [2.05, 4.69) is 15.3 Å². The molecule has 1 heterocycles. The first-order chi connectivity index (χ1) is 8.13. The van der Waals surface area contributed by atoms with Crippen LogP contribution in [0.15, 0.2) is 12.4 Å². The van der Waals surface area contributed by atoms with E-state index in [1.165, 1.54) is 13.4 Å². The van der Waals surface area contributed by atoms with Gasteiger partial charge < -0.3 is 15.2 Å².